The summed E-state index contributed by atoms with van der Waals surface area (Å²) in [6.45, 7) is 10.2. The number of hydrogen-bond donors (Lipinski definition) is 1. The van der Waals surface area contributed by atoms with Gasteiger partial charge in [0.1, 0.15) is 0 Å². The monoisotopic (exact) mass is 288 g/mol. The van der Waals surface area contributed by atoms with E-state index in [2.05, 4.69) is 55.3 Å². The van der Waals surface area contributed by atoms with Crippen molar-refractivity contribution in [3.8, 4) is 0 Å². The molecule has 0 bridgehead atoms. The fourth-order valence-electron chi connectivity index (χ4n) is 3.52. The summed E-state index contributed by atoms with van der Waals surface area (Å²) < 4.78 is 0. The Kier molecular flexibility index (Phi) is 6.56. The minimum Gasteiger partial charge on any atom is -0.372 e. The van der Waals surface area contributed by atoms with Crippen LogP contribution in [0.25, 0.3) is 0 Å². The van der Waals surface area contributed by atoms with Gasteiger partial charge >= 0.3 is 0 Å². The Morgan fingerprint density at radius 1 is 1.14 bits per heavy atom. The summed E-state index contributed by atoms with van der Waals surface area (Å²) >= 11 is 0. The van der Waals surface area contributed by atoms with Crippen molar-refractivity contribution in [3.63, 3.8) is 0 Å². The van der Waals surface area contributed by atoms with Gasteiger partial charge in [-0.3, -0.25) is 0 Å². The topological polar surface area (TPSA) is 15.3 Å². The molecular weight excluding hydrogens is 256 g/mol. The summed E-state index contributed by atoms with van der Waals surface area (Å²) in [5.74, 6) is 0.952. The molecule has 1 aliphatic heterocycles. The maximum Gasteiger partial charge on any atom is 0.0366 e. The zero-order chi connectivity index (χ0) is 15.1. The predicted molar refractivity (Wildman–Crippen MR) is 93.0 cm³/mol. The number of anilines is 1. The van der Waals surface area contributed by atoms with E-state index < -0.39 is 0 Å². The molecule has 0 saturated carbocycles. The van der Waals surface area contributed by atoms with E-state index in [0.29, 0.717) is 6.04 Å². The van der Waals surface area contributed by atoms with Crippen LogP contribution in [0.5, 0.6) is 0 Å². The first-order chi connectivity index (χ1) is 10.2. The summed E-state index contributed by atoms with van der Waals surface area (Å²) in [5, 5.41) is 3.48. The lowest BCUT2D eigenvalue weighted by Crippen LogP contribution is -2.24. The van der Waals surface area contributed by atoms with Gasteiger partial charge in [0.2, 0.25) is 0 Å². The molecule has 0 aliphatic carbocycles. The quantitative estimate of drug-likeness (QED) is 0.811. The molecule has 2 atom stereocenters. The summed E-state index contributed by atoms with van der Waals surface area (Å²) in [6, 6.07) is 9.64. The Hall–Kier alpha value is -1.02. The molecule has 1 fully saturated rings. The van der Waals surface area contributed by atoms with E-state index in [1.54, 1.807) is 0 Å². The van der Waals surface area contributed by atoms with Gasteiger partial charge in [0.25, 0.3) is 0 Å². The Labute approximate surface area is 130 Å². The van der Waals surface area contributed by atoms with E-state index >= 15 is 0 Å². The maximum atomic E-state index is 3.48. The molecule has 0 radical (unpaired) electrons. The van der Waals surface area contributed by atoms with Crippen LogP contribution in [0, 0.1) is 5.92 Å². The van der Waals surface area contributed by atoms with E-state index in [9.17, 15) is 0 Å². The smallest absolute Gasteiger partial charge is 0.0366 e. The average molecular weight is 288 g/mol. The number of hydrogen-bond acceptors (Lipinski definition) is 2. The molecule has 1 aromatic carbocycles. The van der Waals surface area contributed by atoms with Crippen molar-refractivity contribution >= 4 is 5.69 Å². The molecule has 2 heteroatoms. The molecule has 1 heterocycles. The molecule has 1 N–H and O–H groups in total. The van der Waals surface area contributed by atoms with Crippen molar-refractivity contribution in [2.75, 3.05) is 24.5 Å². The lowest BCUT2D eigenvalue weighted by atomic mass is 9.96. The second-order valence-corrected chi connectivity index (χ2v) is 6.44. The third-order valence-electron chi connectivity index (χ3n) is 4.81. The second-order valence-electron chi connectivity index (χ2n) is 6.44. The molecule has 0 aromatic heterocycles. The number of rotatable bonds is 6. The molecule has 21 heavy (non-hydrogen) atoms. The van der Waals surface area contributed by atoms with Gasteiger partial charge in [0.15, 0.2) is 0 Å². The van der Waals surface area contributed by atoms with Gasteiger partial charge in [-0.25, -0.2) is 0 Å². The highest BCUT2D eigenvalue weighted by Gasteiger charge is 2.16. The van der Waals surface area contributed by atoms with Crippen LogP contribution in [0.2, 0.25) is 0 Å². The number of nitrogens with one attached hydrogen (secondary N) is 1. The number of nitrogens with zero attached hydrogens (tertiary/aromatic N) is 1. The molecule has 1 saturated heterocycles. The first kappa shape index (κ1) is 16.4. The van der Waals surface area contributed by atoms with Crippen LogP contribution in [0.1, 0.15) is 64.5 Å². The highest BCUT2D eigenvalue weighted by Crippen LogP contribution is 2.26. The first-order valence-corrected chi connectivity index (χ1v) is 8.82. The molecule has 2 unspecified atom stereocenters. The van der Waals surface area contributed by atoms with Crippen molar-refractivity contribution in [2.45, 2.75) is 58.9 Å². The van der Waals surface area contributed by atoms with Gasteiger partial charge in [-0.2, -0.15) is 0 Å². The van der Waals surface area contributed by atoms with Crippen LogP contribution in [0.4, 0.5) is 5.69 Å². The van der Waals surface area contributed by atoms with Crippen molar-refractivity contribution in [2.24, 2.45) is 5.92 Å². The minimum absolute atomic E-state index is 0.446. The highest BCUT2D eigenvalue weighted by atomic mass is 15.1. The molecule has 0 spiro atoms. The predicted octanol–water partition coefficient (Wildman–Crippen LogP) is 4.76. The molecule has 118 valence electrons. The van der Waals surface area contributed by atoms with Gasteiger partial charge in [0.05, 0.1) is 0 Å². The normalized spacial score (nSPS) is 21.1. The third-order valence-corrected chi connectivity index (χ3v) is 4.81. The zero-order valence-corrected chi connectivity index (χ0v) is 14.1. The standard InChI is InChI=1S/C19H32N2/c1-4-7-17-8-6-14-21(15-13-17)19-11-9-18(10-12-19)16(3)20-5-2/h9-12,16-17,20H,4-8,13-15H2,1-3H3. The van der Waals surface area contributed by atoms with Gasteiger partial charge in [-0.05, 0) is 56.3 Å². The lowest BCUT2D eigenvalue weighted by Gasteiger charge is -2.24. The second kappa shape index (κ2) is 8.43. The maximum absolute atomic E-state index is 3.48. The van der Waals surface area contributed by atoms with Crippen LogP contribution in [0.3, 0.4) is 0 Å². The minimum atomic E-state index is 0.446. The van der Waals surface area contributed by atoms with E-state index in [1.165, 1.54) is 56.4 Å². The van der Waals surface area contributed by atoms with E-state index in [0.717, 1.165) is 12.5 Å². The van der Waals surface area contributed by atoms with Crippen LogP contribution in [-0.2, 0) is 0 Å². The Morgan fingerprint density at radius 3 is 2.57 bits per heavy atom. The number of benzene rings is 1. The van der Waals surface area contributed by atoms with Crippen molar-refractivity contribution in [1.82, 2.24) is 5.32 Å². The molecule has 2 rings (SSSR count). The Morgan fingerprint density at radius 2 is 1.90 bits per heavy atom. The SMILES string of the molecule is CCCC1CCCN(c2ccc(C(C)NCC)cc2)CC1. The largest absolute Gasteiger partial charge is 0.372 e. The molecular formula is C19H32N2. The first-order valence-electron chi connectivity index (χ1n) is 8.82. The molecule has 1 aromatic rings. The van der Waals surface area contributed by atoms with Gasteiger partial charge in [-0.15, -0.1) is 0 Å². The lowest BCUT2D eigenvalue weighted by molar-refractivity contribution is 0.435. The average Bonchev–Trinajstić information content (AvgIpc) is 2.74. The summed E-state index contributed by atoms with van der Waals surface area (Å²) in [7, 11) is 0. The molecule has 0 amide bonds. The van der Waals surface area contributed by atoms with Gasteiger partial charge in [0, 0.05) is 24.8 Å². The zero-order valence-electron chi connectivity index (χ0n) is 14.1. The van der Waals surface area contributed by atoms with Gasteiger partial charge in [-0.1, -0.05) is 38.8 Å². The molecule has 1 aliphatic rings. The summed E-state index contributed by atoms with van der Waals surface area (Å²) in [5.41, 5.74) is 2.79. The Balaban J connectivity index is 1.95. The van der Waals surface area contributed by atoms with Crippen molar-refractivity contribution in [1.29, 1.82) is 0 Å². The van der Waals surface area contributed by atoms with E-state index in [1.807, 2.05) is 0 Å². The van der Waals surface area contributed by atoms with Crippen molar-refractivity contribution < 1.29 is 0 Å². The van der Waals surface area contributed by atoms with Crippen LogP contribution >= 0.6 is 0 Å². The summed E-state index contributed by atoms with van der Waals surface area (Å²) in [6.07, 6.45) is 6.87. The van der Waals surface area contributed by atoms with Gasteiger partial charge < -0.3 is 10.2 Å². The molecule has 2 nitrogen and oxygen atoms in total. The fraction of sp³-hybridized carbons (Fsp3) is 0.684. The van der Waals surface area contributed by atoms with Crippen molar-refractivity contribution in [3.05, 3.63) is 29.8 Å². The van der Waals surface area contributed by atoms with Crippen LogP contribution < -0.4 is 10.2 Å². The van der Waals surface area contributed by atoms with Crippen LogP contribution in [-0.4, -0.2) is 19.6 Å². The summed E-state index contributed by atoms with van der Waals surface area (Å²) in [4.78, 5) is 2.58. The van der Waals surface area contributed by atoms with E-state index in [-0.39, 0.29) is 0 Å². The van der Waals surface area contributed by atoms with E-state index in [4.69, 9.17) is 0 Å². The Bertz CT molecular complexity index is 399. The van der Waals surface area contributed by atoms with Crippen LogP contribution in [0.15, 0.2) is 24.3 Å². The fourth-order valence-corrected chi connectivity index (χ4v) is 3.52. The highest BCUT2D eigenvalue weighted by molar-refractivity contribution is 5.48. The third kappa shape index (κ3) is 4.74.